The van der Waals surface area contributed by atoms with Gasteiger partial charge in [-0.2, -0.15) is 0 Å². The Morgan fingerprint density at radius 1 is 1.00 bits per heavy atom. The summed E-state index contributed by atoms with van der Waals surface area (Å²) >= 11 is 0. The number of benzene rings is 2. The molecule has 0 bridgehead atoms. The van der Waals surface area contributed by atoms with Gasteiger partial charge in [-0.1, -0.05) is 51.1 Å². The van der Waals surface area contributed by atoms with Crippen molar-refractivity contribution in [2.75, 3.05) is 45.4 Å². The lowest BCUT2D eigenvalue weighted by atomic mass is 10.0. The highest BCUT2D eigenvalue weighted by atomic mass is 31.2. The smallest absolute Gasteiger partial charge is 0.410 e. The molecular formula is C39H57N2O12P. The summed E-state index contributed by atoms with van der Waals surface area (Å²) in [6.07, 6.45) is -2.89. The summed E-state index contributed by atoms with van der Waals surface area (Å²) in [7, 11) is -3.55. The Morgan fingerprint density at radius 3 is 2.35 bits per heavy atom. The van der Waals surface area contributed by atoms with Gasteiger partial charge in [-0.05, 0) is 76.3 Å². The molecule has 7 atom stereocenters. The highest BCUT2D eigenvalue weighted by molar-refractivity contribution is 7.59. The van der Waals surface area contributed by atoms with Crippen molar-refractivity contribution in [3.63, 3.8) is 0 Å². The fourth-order valence-electron chi connectivity index (χ4n) is 6.21. The topological polar surface area (TPSA) is 168 Å². The number of aliphatic hydroxyl groups is 1. The largest absolute Gasteiger partial charge is 0.482 e. The Labute approximate surface area is 318 Å². The van der Waals surface area contributed by atoms with E-state index in [0.717, 1.165) is 5.56 Å². The minimum absolute atomic E-state index is 0.0675. The summed E-state index contributed by atoms with van der Waals surface area (Å²) in [5.74, 6) is -0.358. The molecule has 2 N–H and O–H groups in total. The van der Waals surface area contributed by atoms with Crippen LogP contribution in [0.25, 0.3) is 0 Å². The molecule has 4 rings (SSSR count). The fourth-order valence-corrected chi connectivity index (χ4v) is 8.28. The SMILES string of the molecule is CCOC(=O)[C@H](C)CP(=O)(COc1ccc(C[C@H](NC(=O)O[C@H]2CO[C@H]3OCC[C@H]32)[C@H](O)CN(CC(C)C)C(=O)OC(C)(C)C)cc1)Oc1ccccc1. The van der Waals surface area contributed by atoms with Gasteiger partial charge in [-0.3, -0.25) is 9.36 Å². The van der Waals surface area contributed by atoms with Crippen LogP contribution < -0.4 is 14.6 Å². The predicted octanol–water partition coefficient (Wildman–Crippen LogP) is 6.23. The molecule has 2 aliphatic rings. The highest BCUT2D eigenvalue weighted by Gasteiger charge is 2.44. The van der Waals surface area contributed by atoms with Gasteiger partial charge in [0, 0.05) is 6.54 Å². The standard InChI is InChI=1S/C39H57N2O12P/c1-8-47-35(43)27(4)24-54(46,53-30-12-10-9-11-13-30)25-50-29-16-14-28(15-17-29)20-32(40-37(44)51-34-23-49-36-31(34)18-19-48-36)33(42)22-41(21-26(2)3)38(45)52-39(5,6)7/h9-17,26-27,31-34,36,42H,8,18-25H2,1-7H3,(H,40,44)/t27-,31+,32+,33-,34+,36-,54?/m1/s1. The molecular weight excluding hydrogens is 719 g/mol. The number of ether oxygens (including phenoxy) is 6. The van der Waals surface area contributed by atoms with E-state index < -0.39 is 61.6 Å². The molecule has 2 aliphatic heterocycles. The minimum atomic E-state index is -3.55. The average Bonchev–Trinajstić information content (AvgIpc) is 3.72. The second-order valence-corrected chi connectivity index (χ2v) is 17.7. The number of alkyl carbamates (subject to hydrolysis) is 1. The van der Waals surface area contributed by atoms with E-state index in [1.54, 1.807) is 83.1 Å². The van der Waals surface area contributed by atoms with Crippen LogP contribution in [0.15, 0.2) is 54.6 Å². The number of carbonyl (C=O) groups excluding carboxylic acids is 3. The number of rotatable bonds is 18. The third-order valence-corrected chi connectivity index (χ3v) is 10.9. The van der Waals surface area contributed by atoms with Crippen molar-refractivity contribution < 1.29 is 57.0 Å². The summed E-state index contributed by atoms with van der Waals surface area (Å²) in [5, 5.41) is 14.4. The number of nitrogens with one attached hydrogen (secondary N) is 1. The summed E-state index contributed by atoms with van der Waals surface area (Å²) in [5.41, 5.74) is -0.0127. The average molecular weight is 777 g/mol. The summed E-state index contributed by atoms with van der Waals surface area (Å²) < 4.78 is 53.6. The molecule has 2 fully saturated rings. The number of para-hydroxylation sites is 1. The lowest BCUT2D eigenvalue weighted by molar-refractivity contribution is -0.146. The van der Waals surface area contributed by atoms with Crippen LogP contribution in [0.2, 0.25) is 0 Å². The molecule has 15 heteroatoms. The lowest BCUT2D eigenvalue weighted by Crippen LogP contribution is -2.52. The molecule has 54 heavy (non-hydrogen) atoms. The maximum Gasteiger partial charge on any atom is 0.410 e. The molecule has 300 valence electrons. The van der Waals surface area contributed by atoms with E-state index in [1.165, 1.54) is 4.90 Å². The van der Waals surface area contributed by atoms with Gasteiger partial charge in [-0.25, -0.2) is 9.59 Å². The maximum atomic E-state index is 14.0. The van der Waals surface area contributed by atoms with Gasteiger partial charge in [0.2, 0.25) is 0 Å². The number of hydrogen-bond acceptors (Lipinski definition) is 12. The van der Waals surface area contributed by atoms with Crippen molar-refractivity contribution >= 4 is 25.5 Å². The molecule has 14 nitrogen and oxygen atoms in total. The Morgan fingerprint density at radius 2 is 1.70 bits per heavy atom. The fraction of sp³-hybridized carbons (Fsp3) is 0.615. The van der Waals surface area contributed by atoms with Crippen LogP contribution in [0, 0.1) is 17.8 Å². The third kappa shape index (κ3) is 13.5. The van der Waals surface area contributed by atoms with Crippen LogP contribution in [0.3, 0.4) is 0 Å². The normalized spacial score (nSPS) is 20.9. The zero-order valence-corrected chi connectivity index (χ0v) is 33.3. The predicted molar refractivity (Wildman–Crippen MR) is 201 cm³/mol. The molecule has 2 amide bonds. The molecule has 0 aromatic heterocycles. The Bertz CT molecular complexity index is 1550. The number of nitrogens with zero attached hydrogens (tertiary/aromatic N) is 1. The van der Waals surface area contributed by atoms with E-state index in [4.69, 9.17) is 32.9 Å². The van der Waals surface area contributed by atoms with Gasteiger partial charge in [0.05, 0.1) is 56.5 Å². The number of amides is 2. The molecule has 0 radical (unpaired) electrons. The quantitative estimate of drug-likeness (QED) is 0.0996. The number of carbonyl (C=O) groups is 3. The Hall–Kier alpha value is -3.84. The van der Waals surface area contributed by atoms with E-state index in [-0.39, 0.29) is 50.5 Å². The Kier molecular flexibility index (Phi) is 15.6. The maximum absolute atomic E-state index is 14.0. The van der Waals surface area contributed by atoms with Gasteiger partial charge in [0.25, 0.3) is 7.37 Å². The highest BCUT2D eigenvalue weighted by Crippen LogP contribution is 2.49. The van der Waals surface area contributed by atoms with Crippen LogP contribution in [-0.2, 0) is 39.5 Å². The van der Waals surface area contributed by atoms with Crippen LogP contribution in [0.5, 0.6) is 11.5 Å². The van der Waals surface area contributed by atoms with Crippen LogP contribution in [0.4, 0.5) is 9.59 Å². The van der Waals surface area contributed by atoms with Crippen molar-refractivity contribution in [2.24, 2.45) is 17.8 Å². The van der Waals surface area contributed by atoms with Gasteiger partial charge >= 0.3 is 18.2 Å². The van der Waals surface area contributed by atoms with Crippen molar-refractivity contribution in [1.82, 2.24) is 10.2 Å². The second-order valence-electron chi connectivity index (χ2n) is 15.2. The first kappa shape index (κ1) is 42.9. The van der Waals surface area contributed by atoms with Crippen LogP contribution in [0.1, 0.15) is 60.5 Å². The number of aliphatic hydroxyl groups excluding tert-OH is 1. The molecule has 1 unspecified atom stereocenters. The molecule has 0 aliphatic carbocycles. The van der Waals surface area contributed by atoms with Crippen molar-refractivity contribution in [1.29, 1.82) is 0 Å². The zero-order chi connectivity index (χ0) is 39.5. The zero-order valence-electron chi connectivity index (χ0n) is 32.4. The van der Waals surface area contributed by atoms with E-state index in [2.05, 4.69) is 5.32 Å². The van der Waals surface area contributed by atoms with Gasteiger partial charge < -0.3 is 48.3 Å². The summed E-state index contributed by atoms with van der Waals surface area (Å²) in [6.45, 7) is 13.7. The molecule has 2 aromatic rings. The van der Waals surface area contributed by atoms with Gasteiger partial charge in [0.15, 0.2) is 12.6 Å². The third-order valence-electron chi connectivity index (χ3n) is 8.72. The van der Waals surface area contributed by atoms with Gasteiger partial charge in [-0.15, -0.1) is 0 Å². The monoisotopic (exact) mass is 776 g/mol. The molecule has 2 heterocycles. The second kappa shape index (κ2) is 19.7. The van der Waals surface area contributed by atoms with E-state index in [0.29, 0.717) is 31.1 Å². The van der Waals surface area contributed by atoms with Gasteiger partial charge in [0.1, 0.15) is 23.2 Å². The minimum Gasteiger partial charge on any atom is -0.482 e. The van der Waals surface area contributed by atoms with Crippen LogP contribution >= 0.6 is 7.37 Å². The molecule has 2 saturated heterocycles. The molecule has 2 aromatic carbocycles. The van der Waals surface area contributed by atoms with E-state index in [1.807, 2.05) is 19.9 Å². The summed E-state index contributed by atoms with van der Waals surface area (Å²) in [4.78, 5) is 40.2. The first-order chi connectivity index (χ1) is 25.5. The first-order valence-corrected chi connectivity index (χ1v) is 20.6. The van der Waals surface area contributed by atoms with E-state index >= 15 is 0 Å². The first-order valence-electron chi connectivity index (χ1n) is 18.6. The lowest BCUT2D eigenvalue weighted by Gasteiger charge is -2.32. The number of fused-ring (bicyclic) bond motifs is 1. The van der Waals surface area contributed by atoms with Crippen molar-refractivity contribution in [3.8, 4) is 11.5 Å². The number of hydrogen-bond donors (Lipinski definition) is 2. The van der Waals surface area contributed by atoms with Crippen LogP contribution in [-0.4, -0.2) is 104 Å². The molecule has 0 spiro atoms. The molecule has 0 saturated carbocycles. The van der Waals surface area contributed by atoms with Crippen molar-refractivity contribution in [2.45, 2.75) is 91.4 Å². The number of esters is 1. The van der Waals surface area contributed by atoms with Crippen molar-refractivity contribution in [3.05, 3.63) is 60.2 Å². The van der Waals surface area contributed by atoms with E-state index in [9.17, 15) is 24.1 Å². The Balaban J connectivity index is 1.48. The summed E-state index contributed by atoms with van der Waals surface area (Å²) in [6, 6.07) is 14.7.